The van der Waals surface area contributed by atoms with E-state index in [1.807, 2.05) is 0 Å². The van der Waals surface area contributed by atoms with Crippen LogP contribution in [0.3, 0.4) is 0 Å². The van der Waals surface area contributed by atoms with Gasteiger partial charge < -0.3 is 100 Å². The molecule has 0 aromatic carbocycles. The summed E-state index contributed by atoms with van der Waals surface area (Å²) >= 11 is 0. The van der Waals surface area contributed by atoms with E-state index in [0.29, 0.717) is 0 Å². The lowest BCUT2D eigenvalue weighted by Crippen LogP contribution is -2.70. The highest BCUT2D eigenvalue weighted by Crippen LogP contribution is 2.38. The van der Waals surface area contributed by atoms with Crippen LogP contribution < -0.4 is 5.32 Å². The van der Waals surface area contributed by atoms with Crippen LogP contribution in [0.4, 0.5) is 0 Å². The quantitative estimate of drug-likeness (QED) is 0.0791. The number of carbonyl (C=O) groups excluding carboxylic acids is 1. The van der Waals surface area contributed by atoms with Gasteiger partial charge in [0.25, 0.3) is 11.6 Å². The molecule has 0 radical (unpaired) electrons. The number of ether oxygens (including phenoxy) is 5. The Kier molecular flexibility index (Phi) is 13.8. The molecule has 3 rings (SSSR count). The zero-order valence-electron chi connectivity index (χ0n) is 25.7. The van der Waals surface area contributed by atoms with Gasteiger partial charge in [0, 0.05) is 19.8 Å². The third kappa shape index (κ3) is 8.62. The van der Waals surface area contributed by atoms with Gasteiger partial charge in [-0.3, -0.25) is 4.79 Å². The maximum Gasteiger partial charge on any atom is 0.364 e. The molecular weight excluding hydrogens is 678 g/mol. The predicted octanol–water partition coefficient (Wildman–Crippen LogP) is -9.02. The van der Waals surface area contributed by atoms with Crippen LogP contribution in [0.5, 0.6) is 0 Å². The van der Waals surface area contributed by atoms with Gasteiger partial charge in [0.1, 0.15) is 73.2 Å². The van der Waals surface area contributed by atoms with E-state index in [4.69, 9.17) is 28.8 Å². The second-order valence-electron chi connectivity index (χ2n) is 12.0. The summed E-state index contributed by atoms with van der Waals surface area (Å²) in [4.78, 5) is 36.9. The van der Waals surface area contributed by atoms with Crippen molar-refractivity contribution in [3.8, 4) is 0 Å². The van der Waals surface area contributed by atoms with Crippen molar-refractivity contribution in [1.29, 1.82) is 0 Å². The molecule has 3 saturated heterocycles. The number of amides is 1. The Morgan fingerprint density at radius 3 is 1.65 bits per heavy atom. The molecule has 284 valence electrons. The van der Waals surface area contributed by atoms with Crippen LogP contribution in [0.25, 0.3) is 0 Å². The van der Waals surface area contributed by atoms with Crippen LogP contribution in [0.1, 0.15) is 19.8 Å². The Hall–Kier alpha value is -2.27. The molecule has 15 N–H and O–H groups in total. The highest BCUT2D eigenvalue weighted by Gasteiger charge is 2.60. The fourth-order valence-corrected chi connectivity index (χ4v) is 5.70. The maximum absolute atomic E-state index is 12.6. The predicted molar refractivity (Wildman–Crippen MR) is 147 cm³/mol. The van der Waals surface area contributed by atoms with Crippen LogP contribution in [0, 0.1) is 0 Å². The van der Waals surface area contributed by atoms with E-state index in [2.05, 4.69) is 5.32 Å². The Morgan fingerprint density at radius 2 is 1.22 bits per heavy atom. The van der Waals surface area contributed by atoms with Crippen LogP contribution in [-0.4, -0.2) is 212 Å². The summed E-state index contributed by atoms with van der Waals surface area (Å²) in [6.07, 6.45) is -31.2. The molecule has 0 spiro atoms. The number of hydrogen-bond donors (Lipinski definition) is 15. The maximum atomic E-state index is 12.6. The first kappa shape index (κ1) is 41.2. The van der Waals surface area contributed by atoms with E-state index in [1.165, 1.54) is 0 Å². The van der Waals surface area contributed by atoms with Crippen molar-refractivity contribution in [3.05, 3.63) is 0 Å². The molecule has 0 aromatic rings. The van der Waals surface area contributed by atoms with E-state index in [0.717, 1.165) is 6.92 Å². The van der Waals surface area contributed by atoms with Crippen LogP contribution in [0.2, 0.25) is 0 Å². The van der Waals surface area contributed by atoms with E-state index in [-0.39, 0.29) is 0 Å². The molecule has 0 aliphatic carbocycles. The number of carboxylic acid groups (broad SMARTS) is 2. The van der Waals surface area contributed by atoms with Crippen molar-refractivity contribution in [1.82, 2.24) is 5.32 Å². The first-order chi connectivity index (χ1) is 22.7. The molecule has 3 heterocycles. The molecule has 3 fully saturated rings. The van der Waals surface area contributed by atoms with E-state index >= 15 is 0 Å². The Bertz CT molecular complexity index is 1150. The molecule has 23 heteroatoms. The molecule has 23 nitrogen and oxygen atoms in total. The molecule has 0 unspecified atom stereocenters. The molecule has 49 heavy (non-hydrogen) atoms. The highest BCUT2D eigenvalue weighted by atomic mass is 16.8. The van der Waals surface area contributed by atoms with E-state index < -0.39 is 154 Å². The highest BCUT2D eigenvalue weighted by molar-refractivity contribution is 5.76. The van der Waals surface area contributed by atoms with Crippen LogP contribution in [-0.2, 0) is 38.1 Å². The molecule has 3 aliphatic heterocycles. The number of nitrogens with one attached hydrogen (secondary N) is 1. The van der Waals surface area contributed by atoms with Crippen molar-refractivity contribution < 1.29 is 110 Å². The normalized spacial score (nSPS) is 42.4. The van der Waals surface area contributed by atoms with E-state index in [9.17, 15) is 80.8 Å². The second-order valence-corrected chi connectivity index (χ2v) is 12.0. The fraction of sp³-hybridized carbons (Fsp3) is 0.885. The topological polar surface area (TPSA) is 393 Å². The lowest BCUT2D eigenvalue weighted by atomic mass is 9.89. The third-order valence-electron chi connectivity index (χ3n) is 8.43. The SMILES string of the molecule is CC(=O)N[C@@H]1[C@@H](O[C@]2(C(=O)O)C[C@H](O)[C@@H](O)[C@H]([C@H](O)[C@H](O)CO)O2)[C@@H](O)[C@@H](CO[C@]2(C(=O)O)C[C@H](O)[C@@H](O)[C@H]([C@H](O)[C@H](O)CO)O2)O[C@H]1O. The molecule has 0 aromatic heterocycles. The number of aliphatic carboxylic acids is 2. The van der Waals surface area contributed by atoms with Gasteiger partial charge in [0.2, 0.25) is 5.91 Å². The summed E-state index contributed by atoms with van der Waals surface area (Å²) in [5, 5.41) is 145. The molecular formula is C26H43NO22. The Morgan fingerprint density at radius 1 is 0.776 bits per heavy atom. The number of carbonyl (C=O) groups is 3. The summed E-state index contributed by atoms with van der Waals surface area (Å²) in [5.74, 6) is -11.0. The number of rotatable bonds is 14. The first-order valence-corrected chi connectivity index (χ1v) is 14.8. The van der Waals surface area contributed by atoms with E-state index in [1.54, 1.807) is 0 Å². The second kappa shape index (κ2) is 16.4. The number of aliphatic hydroxyl groups is 12. The summed E-state index contributed by atoms with van der Waals surface area (Å²) in [6.45, 7) is -2.33. The summed E-state index contributed by atoms with van der Waals surface area (Å²) in [6, 6.07) is -1.84. The summed E-state index contributed by atoms with van der Waals surface area (Å²) < 4.78 is 26.8. The molecule has 0 saturated carbocycles. The minimum absolute atomic E-state index is 0.880. The molecule has 3 aliphatic rings. The lowest BCUT2D eigenvalue weighted by Gasteiger charge is -2.50. The number of carboxylic acids is 2. The Labute approximate surface area is 276 Å². The minimum atomic E-state index is -3.11. The van der Waals surface area contributed by atoms with Gasteiger partial charge in [-0.2, -0.15) is 0 Å². The van der Waals surface area contributed by atoms with Crippen LogP contribution in [0.15, 0.2) is 0 Å². The van der Waals surface area contributed by atoms with Crippen molar-refractivity contribution in [2.75, 3.05) is 19.8 Å². The standard InChI is InChI=1S/C26H43NO22/c1-7(30)27-13-19(47-26(24(43)44)3-9(32)15(36)21(49-26)17(38)11(34)5-29)18(39)12(46-22(13)40)6-45-25(23(41)42)2-8(31)14(35)20(48-25)16(37)10(33)4-28/h8-22,28-29,31-40H,2-6H2,1H3,(H,27,30)(H,41,42)(H,43,44)/t8-,9-,10+,11+,12+,13+,14+,15+,16+,17+,18-,19+,20+,21+,22+,25+,26+/m0/s1. The summed E-state index contributed by atoms with van der Waals surface area (Å²) in [5.41, 5.74) is 0. The van der Waals surface area contributed by atoms with Gasteiger partial charge >= 0.3 is 11.9 Å². The largest absolute Gasteiger partial charge is 0.477 e. The fourth-order valence-electron chi connectivity index (χ4n) is 5.70. The van der Waals surface area contributed by atoms with Gasteiger partial charge in [-0.25, -0.2) is 9.59 Å². The molecule has 1 amide bonds. The monoisotopic (exact) mass is 721 g/mol. The van der Waals surface area contributed by atoms with Crippen molar-refractivity contribution in [2.45, 2.75) is 123 Å². The first-order valence-electron chi connectivity index (χ1n) is 14.8. The summed E-state index contributed by atoms with van der Waals surface area (Å²) in [7, 11) is 0. The minimum Gasteiger partial charge on any atom is -0.477 e. The van der Waals surface area contributed by atoms with Gasteiger partial charge in [-0.05, 0) is 0 Å². The lowest BCUT2D eigenvalue weighted by molar-refractivity contribution is -0.368. The van der Waals surface area contributed by atoms with Crippen LogP contribution >= 0.6 is 0 Å². The van der Waals surface area contributed by atoms with Crippen molar-refractivity contribution in [3.63, 3.8) is 0 Å². The smallest absolute Gasteiger partial charge is 0.364 e. The number of hydrogen-bond acceptors (Lipinski definition) is 20. The Balaban J connectivity index is 1.95. The van der Waals surface area contributed by atoms with Gasteiger partial charge in [-0.15, -0.1) is 0 Å². The molecule has 17 atom stereocenters. The average molecular weight is 722 g/mol. The molecule has 0 bridgehead atoms. The van der Waals surface area contributed by atoms with Gasteiger partial charge in [0.05, 0.1) is 32.0 Å². The van der Waals surface area contributed by atoms with Crippen molar-refractivity contribution >= 4 is 17.8 Å². The van der Waals surface area contributed by atoms with Gasteiger partial charge in [-0.1, -0.05) is 0 Å². The average Bonchev–Trinajstić information content (AvgIpc) is 3.04. The third-order valence-corrected chi connectivity index (χ3v) is 8.43. The zero-order chi connectivity index (χ0) is 37.2. The van der Waals surface area contributed by atoms with Crippen molar-refractivity contribution in [2.24, 2.45) is 0 Å². The number of aliphatic hydroxyl groups excluding tert-OH is 12. The zero-order valence-corrected chi connectivity index (χ0v) is 25.7. The van der Waals surface area contributed by atoms with Gasteiger partial charge in [0.15, 0.2) is 6.29 Å².